The van der Waals surface area contributed by atoms with Gasteiger partial charge in [-0.05, 0) is 0 Å². The fourth-order valence-corrected chi connectivity index (χ4v) is 0.359. The van der Waals surface area contributed by atoms with Gasteiger partial charge in [-0.15, -0.1) is 0 Å². The molecule has 1 radical (unpaired) electrons. The standard InChI is InChI=1S/C6H6N.V/c7-6-4-2-1-3-5-6;/h1-2,4-5H,7H2;/q-1;/i1T;. The first-order chi connectivity index (χ1) is 3.79. The molecule has 0 aromatic heterocycles. The van der Waals surface area contributed by atoms with Crippen molar-refractivity contribution in [1.29, 1.82) is 0 Å². The molecule has 0 saturated carbocycles. The molecule has 1 aromatic rings. The Morgan fingerprint density at radius 1 is 1.75 bits per heavy atom. The SMILES string of the molecule is [3H]c1[c-]cc(N)cc1.[V]. The van der Waals surface area contributed by atoms with Crippen LogP contribution in [0.3, 0.4) is 0 Å². The van der Waals surface area contributed by atoms with Gasteiger partial charge in [-0.1, -0.05) is 5.69 Å². The summed E-state index contributed by atoms with van der Waals surface area (Å²) in [6.07, 6.45) is 0. The average molecular weight is 145 g/mol. The quantitative estimate of drug-likeness (QED) is 0.428. The fraction of sp³-hybridized carbons (Fsp3) is 0. The zero-order chi connectivity index (χ0) is 5.98. The molecule has 0 heterocycles. The van der Waals surface area contributed by atoms with Gasteiger partial charge in [-0.3, -0.25) is 0 Å². The topological polar surface area (TPSA) is 26.0 Å². The summed E-state index contributed by atoms with van der Waals surface area (Å²) < 4.78 is 6.98. The monoisotopic (exact) mass is 145 g/mol. The van der Waals surface area contributed by atoms with Crippen LogP contribution in [0.25, 0.3) is 0 Å². The average Bonchev–Trinajstić information content (AvgIpc) is 1.77. The molecule has 0 atom stereocenters. The third kappa shape index (κ3) is 2.05. The Morgan fingerprint density at radius 2 is 2.50 bits per heavy atom. The first kappa shape index (κ1) is 5.74. The predicted molar refractivity (Wildman–Crippen MR) is 29.7 cm³/mol. The van der Waals surface area contributed by atoms with Crippen LogP contribution in [0.5, 0.6) is 0 Å². The van der Waals surface area contributed by atoms with Crippen molar-refractivity contribution in [2.24, 2.45) is 0 Å². The van der Waals surface area contributed by atoms with Crippen molar-refractivity contribution in [2.45, 2.75) is 0 Å². The molecule has 0 amide bonds. The van der Waals surface area contributed by atoms with Crippen molar-refractivity contribution in [2.75, 3.05) is 5.73 Å². The van der Waals surface area contributed by atoms with Crippen molar-refractivity contribution >= 4 is 5.69 Å². The molecular formula is C6H6NV-. The van der Waals surface area contributed by atoms with E-state index in [0.29, 0.717) is 11.7 Å². The minimum absolute atomic E-state index is 0. The van der Waals surface area contributed by atoms with Crippen molar-refractivity contribution < 1.29 is 19.9 Å². The Balaban J connectivity index is 0.000000640. The molecule has 0 bridgehead atoms. The summed E-state index contributed by atoms with van der Waals surface area (Å²) in [6, 6.07) is 7.89. The Labute approximate surface area is 62.2 Å². The Bertz CT molecular complexity index is 152. The summed E-state index contributed by atoms with van der Waals surface area (Å²) in [7, 11) is 0. The van der Waals surface area contributed by atoms with Gasteiger partial charge in [0.05, 0.1) is 0 Å². The zero-order valence-electron chi connectivity index (χ0n) is 5.26. The van der Waals surface area contributed by atoms with Crippen LogP contribution in [0, 0.1) is 6.07 Å². The Kier molecular flexibility index (Phi) is 2.57. The normalized spacial score (nSPS) is 9.25. The van der Waals surface area contributed by atoms with Crippen molar-refractivity contribution in [1.82, 2.24) is 0 Å². The van der Waals surface area contributed by atoms with Crippen molar-refractivity contribution in [3.63, 3.8) is 0 Å². The molecule has 0 spiro atoms. The summed E-state index contributed by atoms with van der Waals surface area (Å²) in [5.41, 5.74) is 5.97. The summed E-state index contributed by atoms with van der Waals surface area (Å²) in [5.74, 6) is 0. The second kappa shape index (κ2) is 3.59. The second-order valence-electron chi connectivity index (χ2n) is 1.27. The van der Waals surface area contributed by atoms with Gasteiger partial charge in [-0.25, -0.2) is 0 Å². The van der Waals surface area contributed by atoms with Gasteiger partial charge in [0.2, 0.25) is 0 Å². The smallest absolute Gasteiger partial charge is 0.0332 e. The van der Waals surface area contributed by atoms with Gasteiger partial charge in [0.15, 0.2) is 0 Å². The van der Waals surface area contributed by atoms with E-state index in [0.717, 1.165) is 0 Å². The molecular weight excluding hydrogens is 137 g/mol. The van der Waals surface area contributed by atoms with Gasteiger partial charge >= 0.3 is 0 Å². The maximum atomic E-state index is 6.98. The van der Waals surface area contributed by atoms with Crippen LogP contribution in [0.15, 0.2) is 24.2 Å². The fourth-order valence-electron chi connectivity index (χ4n) is 0.359. The molecule has 0 fully saturated rings. The summed E-state index contributed by atoms with van der Waals surface area (Å²) in [5, 5.41) is 0. The minimum Gasteiger partial charge on any atom is -0.449 e. The summed E-state index contributed by atoms with van der Waals surface area (Å²) in [6.45, 7) is 0. The number of hydrogen-bond donors (Lipinski definition) is 1. The number of rotatable bonds is 0. The molecule has 0 aliphatic rings. The zero-order valence-corrected chi connectivity index (χ0v) is 5.65. The molecule has 2 N–H and O–H groups in total. The number of benzene rings is 1. The van der Waals surface area contributed by atoms with E-state index in [1.54, 1.807) is 18.2 Å². The molecule has 0 aliphatic carbocycles. The minimum atomic E-state index is 0. The Hall–Kier alpha value is -0.396. The van der Waals surface area contributed by atoms with Crippen LogP contribution < -0.4 is 5.73 Å². The first-order valence-corrected chi connectivity index (χ1v) is 2.03. The first-order valence-electron chi connectivity index (χ1n) is 2.53. The van der Waals surface area contributed by atoms with Gasteiger partial charge in [0.25, 0.3) is 0 Å². The molecule has 0 aliphatic heterocycles. The van der Waals surface area contributed by atoms with Crippen LogP contribution in [0.1, 0.15) is 1.37 Å². The van der Waals surface area contributed by atoms with E-state index in [9.17, 15) is 0 Å². The maximum Gasteiger partial charge on any atom is 0.0332 e. The molecule has 1 rings (SSSR count). The van der Waals surface area contributed by atoms with Crippen LogP contribution in [-0.2, 0) is 18.6 Å². The number of anilines is 1. The number of nitrogen functional groups attached to an aromatic ring is 1. The molecule has 8 heavy (non-hydrogen) atoms. The van der Waals surface area contributed by atoms with Gasteiger partial charge in [-0.2, -0.15) is 30.3 Å². The second-order valence-corrected chi connectivity index (χ2v) is 1.27. The maximum absolute atomic E-state index is 6.98. The van der Waals surface area contributed by atoms with E-state index in [4.69, 9.17) is 7.10 Å². The Morgan fingerprint density at radius 3 is 2.88 bits per heavy atom. The van der Waals surface area contributed by atoms with E-state index in [1.165, 1.54) is 0 Å². The predicted octanol–water partition coefficient (Wildman–Crippen LogP) is 1.07. The molecule has 2 heteroatoms. The number of hydrogen-bond acceptors (Lipinski definition) is 1. The number of nitrogens with two attached hydrogens (primary N) is 1. The van der Waals surface area contributed by atoms with Crippen LogP contribution in [-0.4, -0.2) is 0 Å². The van der Waals surface area contributed by atoms with Crippen molar-refractivity contribution in [3.05, 3.63) is 30.3 Å². The molecule has 1 aromatic carbocycles. The van der Waals surface area contributed by atoms with Crippen LogP contribution in [0.4, 0.5) is 5.69 Å². The largest absolute Gasteiger partial charge is 0.449 e. The van der Waals surface area contributed by atoms with E-state index < -0.39 is 0 Å². The molecule has 0 saturated heterocycles. The molecule has 1 nitrogen and oxygen atoms in total. The molecule has 0 unspecified atom stereocenters. The molecule has 41 valence electrons. The van der Waals surface area contributed by atoms with Crippen LogP contribution in [0.2, 0.25) is 0 Å². The van der Waals surface area contributed by atoms with E-state index >= 15 is 0 Å². The van der Waals surface area contributed by atoms with Crippen molar-refractivity contribution in [3.8, 4) is 0 Å². The van der Waals surface area contributed by atoms with Gasteiger partial charge < -0.3 is 5.73 Å². The van der Waals surface area contributed by atoms with Gasteiger partial charge in [0.1, 0.15) is 0 Å². The third-order valence-electron chi connectivity index (χ3n) is 0.681. The van der Waals surface area contributed by atoms with E-state index in [-0.39, 0.29) is 18.6 Å². The van der Waals surface area contributed by atoms with Crippen LogP contribution >= 0.6 is 0 Å². The summed E-state index contributed by atoms with van der Waals surface area (Å²) in [4.78, 5) is 0. The third-order valence-corrected chi connectivity index (χ3v) is 0.681. The van der Waals surface area contributed by atoms with Gasteiger partial charge in [0, 0.05) is 19.9 Å². The summed E-state index contributed by atoms with van der Waals surface area (Å²) >= 11 is 0. The van der Waals surface area contributed by atoms with E-state index in [1.807, 2.05) is 0 Å². The van der Waals surface area contributed by atoms with E-state index in [2.05, 4.69) is 6.07 Å².